The zero-order valence-corrected chi connectivity index (χ0v) is 12.1. The molecule has 108 valence electrons. The van der Waals surface area contributed by atoms with E-state index in [1.807, 2.05) is 36.9 Å². The third-order valence-corrected chi connectivity index (χ3v) is 3.70. The molecule has 3 unspecified atom stereocenters. The van der Waals surface area contributed by atoms with Crippen LogP contribution in [0.2, 0.25) is 0 Å². The molecule has 0 radical (unpaired) electrons. The van der Waals surface area contributed by atoms with Crippen molar-refractivity contribution in [3.05, 3.63) is 35.4 Å². The van der Waals surface area contributed by atoms with Gasteiger partial charge >= 0.3 is 0 Å². The molecule has 1 heterocycles. The number of nitrogens with one attached hydrogen (secondary N) is 1. The summed E-state index contributed by atoms with van der Waals surface area (Å²) in [7, 11) is 0. The summed E-state index contributed by atoms with van der Waals surface area (Å²) in [6.07, 6.45) is 0. The number of carbonyl (C=O) groups excluding carboxylic acids is 2. The van der Waals surface area contributed by atoms with Crippen LogP contribution in [0.5, 0.6) is 0 Å². The molecule has 3 atom stereocenters. The molecule has 1 fully saturated rings. The second-order valence-electron chi connectivity index (χ2n) is 5.48. The minimum absolute atomic E-state index is 0.153. The van der Waals surface area contributed by atoms with Crippen molar-refractivity contribution in [2.45, 2.75) is 38.9 Å². The number of aryl methyl sites for hydroxylation is 1. The number of carbonyl (C=O) groups is 2. The van der Waals surface area contributed by atoms with Crippen molar-refractivity contribution >= 4 is 11.8 Å². The lowest BCUT2D eigenvalue weighted by atomic mass is 9.95. The average Bonchev–Trinajstić information content (AvgIpc) is 2.35. The summed E-state index contributed by atoms with van der Waals surface area (Å²) in [5.74, 6) is -0.536. The maximum atomic E-state index is 11.8. The number of nitrogens with zero attached hydrogens (tertiary/aromatic N) is 1. The standard InChI is InChI=1S/C15H21N3O2/c1-9-5-4-6-12(7-9)14(10(2)16)18-8-13(19)17-15(20)11(18)3/h4-7,10-11,14H,8,16H2,1-3H3,(H,17,19,20). The summed E-state index contributed by atoms with van der Waals surface area (Å²) >= 11 is 0. The van der Waals surface area contributed by atoms with Crippen molar-refractivity contribution in [3.63, 3.8) is 0 Å². The van der Waals surface area contributed by atoms with Crippen LogP contribution in [-0.2, 0) is 9.59 Å². The van der Waals surface area contributed by atoms with Crippen LogP contribution < -0.4 is 11.1 Å². The number of benzene rings is 1. The Hall–Kier alpha value is -1.72. The lowest BCUT2D eigenvalue weighted by Crippen LogP contribution is -2.59. The summed E-state index contributed by atoms with van der Waals surface area (Å²) in [6, 6.07) is 7.32. The van der Waals surface area contributed by atoms with Gasteiger partial charge in [-0.25, -0.2) is 0 Å². The number of imide groups is 1. The molecule has 0 aliphatic carbocycles. The number of hydrogen-bond acceptors (Lipinski definition) is 4. The molecule has 2 amide bonds. The molecule has 1 aromatic rings. The molecule has 1 aromatic carbocycles. The molecule has 20 heavy (non-hydrogen) atoms. The van der Waals surface area contributed by atoms with Crippen LogP contribution in [0, 0.1) is 6.92 Å². The van der Waals surface area contributed by atoms with Gasteiger partial charge in [0.25, 0.3) is 0 Å². The Bertz CT molecular complexity index is 528. The van der Waals surface area contributed by atoms with Gasteiger partial charge in [0.2, 0.25) is 11.8 Å². The van der Waals surface area contributed by atoms with Crippen molar-refractivity contribution in [2.75, 3.05) is 6.54 Å². The van der Waals surface area contributed by atoms with Gasteiger partial charge in [0, 0.05) is 6.04 Å². The van der Waals surface area contributed by atoms with E-state index in [9.17, 15) is 9.59 Å². The molecule has 5 heteroatoms. The summed E-state index contributed by atoms with van der Waals surface area (Å²) in [4.78, 5) is 25.3. The predicted octanol–water partition coefficient (Wildman–Crippen LogP) is 0.730. The van der Waals surface area contributed by atoms with Crippen LogP contribution in [0.15, 0.2) is 24.3 Å². The van der Waals surface area contributed by atoms with E-state index in [4.69, 9.17) is 5.73 Å². The SMILES string of the molecule is Cc1cccc(C(C(C)N)N2CC(=O)NC(=O)C2C)c1. The van der Waals surface area contributed by atoms with Gasteiger partial charge in [-0.2, -0.15) is 0 Å². The van der Waals surface area contributed by atoms with Crippen LogP contribution in [-0.4, -0.2) is 35.3 Å². The maximum absolute atomic E-state index is 11.8. The van der Waals surface area contributed by atoms with E-state index in [-0.39, 0.29) is 36.5 Å². The molecule has 1 aliphatic rings. The van der Waals surface area contributed by atoms with E-state index < -0.39 is 0 Å². The first kappa shape index (κ1) is 14.7. The largest absolute Gasteiger partial charge is 0.326 e. The summed E-state index contributed by atoms with van der Waals surface area (Å²) in [5, 5.41) is 2.36. The highest BCUT2D eigenvalue weighted by Crippen LogP contribution is 2.27. The van der Waals surface area contributed by atoms with E-state index in [0.717, 1.165) is 11.1 Å². The third kappa shape index (κ3) is 2.89. The zero-order chi connectivity index (χ0) is 14.9. The first-order valence-electron chi connectivity index (χ1n) is 6.81. The van der Waals surface area contributed by atoms with Gasteiger partial charge in [-0.05, 0) is 26.3 Å². The van der Waals surface area contributed by atoms with Crippen molar-refractivity contribution in [2.24, 2.45) is 5.73 Å². The minimum Gasteiger partial charge on any atom is -0.326 e. The predicted molar refractivity (Wildman–Crippen MR) is 76.9 cm³/mol. The Morgan fingerprint density at radius 1 is 1.40 bits per heavy atom. The van der Waals surface area contributed by atoms with E-state index >= 15 is 0 Å². The highest BCUT2D eigenvalue weighted by Gasteiger charge is 2.37. The first-order chi connectivity index (χ1) is 9.40. The van der Waals surface area contributed by atoms with Crippen LogP contribution in [0.4, 0.5) is 0 Å². The highest BCUT2D eigenvalue weighted by molar-refractivity contribution is 6.00. The second kappa shape index (κ2) is 5.73. The maximum Gasteiger partial charge on any atom is 0.243 e. The Labute approximate surface area is 119 Å². The number of hydrogen-bond donors (Lipinski definition) is 2. The Morgan fingerprint density at radius 2 is 2.10 bits per heavy atom. The number of rotatable bonds is 3. The van der Waals surface area contributed by atoms with Gasteiger partial charge in [-0.3, -0.25) is 19.8 Å². The number of amides is 2. The molecule has 1 saturated heterocycles. The van der Waals surface area contributed by atoms with Crippen LogP contribution >= 0.6 is 0 Å². The lowest BCUT2D eigenvalue weighted by Gasteiger charge is -2.40. The molecular weight excluding hydrogens is 254 g/mol. The van der Waals surface area contributed by atoms with Crippen molar-refractivity contribution < 1.29 is 9.59 Å². The molecule has 0 aromatic heterocycles. The molecular formula is C15H21N3O2. The molecule has 0 saturated carbocycles. The van der Waals surface area contributed by atoms with Crippen molar-refractivity contribution in [1.29, 1.82) is 0 Å². The van der Waals surface area contributed by atoms with Crippen LogP contribution in [0.25, 0.3) is 0 Å². The summed E-state index contributed by atoms with van der Waals surface area (Å²) in [6.45, 7) is 5.90. The number of nitrogens with two attached hydrogens (primary N) is 1. The van der Waals surface area contributed by atoms with Crippen molar-refractivity contribution in [3.8, 4) is 0 Å². The van der Waals surface area contributed by atoms with Gasteiger partial charge in [-0.1, -0.05) is 29.8 Å². The van der Waals surface area contributed by atoms with E-state index in [0.29, 0.717) is 0 Å². The van der Waals surface area contributed by atoms with Gasteiger partial charge in [0.15, 0.2) is 0 Å². The summed E-state index contributed by atoms with van der Waals surface area (Å²) in [5.41, 5.74) is 8.29. The fraction of sp³-hybridized carbons (Fsp3) is 0.467. The van der Waals surface area contributed by atoms with Gasteiger partial charge < -0.3 is 5.73 Å². The Balaban J connectivity index is 2.37. The van der Waals surface area contributed by atoms with Gasteiger partial charge in [0.05, 0.1) is 18.6 Å². The zero-order valence-electron chi connectivity index (χ0n) is 12.1. The lowest BCUT2D eigenvalue weighted by molar-refractivity contribution is -0.141. The van der Waals surface area contributed by atoms with E-state index in [1.165, 1.54) is 0 Å². The smallest absolute Gasteiger partial charge is 0.243 e. The molecule has 1 aliphatic heterocycles. The van der Waals surface area contributed by atoms with Gasteiger partial charge in [0.1, 0.15) is 0 Å². The Morgan fingerprint density at radius 3 is 2.70 bits per heavy atom. The molecule has 0 spiro atoms. The van der Waals surface area contributed by atoms with Crippen LogP contribution in [0.1, 0.15) is 31.0 Å². The molecule has 5 nitrogen and oxygen atoms in total. The average molecular weight is 275 g/mol. The fourth-order valence-electron chi connectivity index (χ4n) is 2.73. The normalized spacial score (nSPS) is 23.3. The monoisotopic (exact) mass is 275 g/mol. The minimum atomic E-state index is -0.371. The highest BCUT2D eigenvalue weighted by atomic mass is 16.2. The quantitative estimate of drug-likeness (QED) is 0.797. The van der Waals surface area contributed by atoms with E-state index in [1.54, 1.807) is 6.92 Å². The van der Waals surface area contributed by atoms with Gasteiger partial charge in [-0.15, -0.1) is 0 Å². The summed E-state index contributed by atoms with van der Waals surface area (Å²) < 4.78 is 0. The molecule has 0 bridgehead atoms. The van der Waals surface area contributed by atoms with Crippen LogP contribution in [0.3, 0.4) is 0 Å². The van der Waals surface area contributed by atoms with E-state index in [2.05, 4.69) is 11.4 Å². The third-order valence-electron chi connectivity index (χ3n) is 3.70. The Kier molecular flexibility index (Phi) is 4.20. The van der Waals surface area contributed by atoms with Crippen molar-refractivity contribution in [1.82, 2.24) is 10.2 Å². The molecule has 3 N–H and O–H groups in total. The fourth-order valence-corrected chi connectivity index (χ4v) is 2.73. The molecule has 2 rings (SSSR count). The topological polar surface area (TPSA) is 75.4 Å². The number of piperazine rings is 1. The second-order valence-corrected chi connectivity index (χ2v) is 5.48. The first-order valence-corrected chi connectivity index (χ1v) is 6.81.